The molecule has 2 atom stereocenters. The van der Waals surface area contributed by atoms with Gasteiger partial charge in [-0.05, 0) is 90.4 Å². The molecule has 0 N–H and O–H groups in total. The largest absolute Gasteiger partial charge is 0.457 e. The van der Waals surface area contributed by atoms with Crippen LogP contribution in [0.2, 0.25) is 0 Å². The first-order chi connectivity index (χ1) is 25.7. The van der Waals surface area contributed by atoms with Crippen molar-refractivity contribution in [3.63, 3.8) is 0 Å². The van der Waals surface area contributed by atoms with E-state index in [0.29, 0.717) is 0 Å². The van der Waals surface area contributed by atoms with Gasteiger partial charge in [0.25, 0.3) is 0 Å². The van der Waals surface area contributed by atoms with Gasteiger partial charge in [-0.25, -0.2) is 0 Å². The number of rotatable bonds is 2. The molecule has 0 spiro atoms. The molecule has 0 fully saturated rings. The van der Waals surface area contributed by atoms with Crippen molar-refractivity contribution in [1.29, 1.82) is 0 Å². The lowest BCUT2D eigenvalue weighted by Gasteiger charge is -2.44. The number of benzene rings is 8. The molecule has 4 heterocycles. The highest BCUT2D eigenvalue weighted by Gasteiger charge is 2.55. The minimum Gasteiger partial charge on any atom is -0.457 e. The molecule has 0 saturated carbocycles. The Labute approximate surface area is 302 Å². The van der Waals surface area contributed by atoms with Crippen molar-refractivity contribution in [2.24, 2.45) is 0 Å². The minimum atomic E-state index is -2.90. The van der Waals surface area contributed by atoms with Crippen molar-refractivity contribution in [3.05, 3.63) is 170 Å². The smallest absolute Gasteiger partial charge is 0.197 e. The maximum atomic E-state index is 6.96. The average molecular weight is 701 g/mol. The summed E-state index contributed by atoms with van der Waals surface area (Å²) in [5.74, 6) is 7.07. The molecule has 12 rings (SSSR count). The third-order valence-corrected chi connectivity index (χ3v) is 21.2. The van der Waals surface area contributed by atoms with Gasteiger partial charge in [0.05, 0.1) is 0 Å². The molecule has 244 valence electrons. The third-order valence-electron chi connectivity index (χ3n) is 11.4. The van der Waals surface area contributed by atoms with Crippen LogP contribution in [0.4, 0.5) is 0 Å². The Balaban J connectivity index is 1.19. The van der Waals surface area contributed by atoms with Crippen LogP contribution in [-0.4, -0.2) is 16.1 Å². The normalized spacial score (nSPS) is 19.2. The Bertz CT molecular complexity index is 2630. The van der Waals surface area contributed by atoms with Crippen LogP contribution >= 0.6 is 0 Å². The summed E-state index contributed by atoms with van der Waals surface area (Å²) < 4.78 is 27.2. The summed E-state index contributed by atoms with van der Waals surface area (Å²) in [6.07, 6.45) is 0. The molecule has 6 heteroatoms. The first kappa shape index (κ1) is 28.4. The topological polar surface area (TPSA) is 36.9 Å². The van der Waals surface area contributed by atoms with Gasteiger partial charge in [0.1, 0.15) is 46.0 Å². The molecular formula is C46H28O4Si2. The van der Waals surface area contributed by atoms with E-state index in [0.717, 1.165) is 67.1 Å². The van der Waals surface area contributed by atoms with E-state index in [1.54, 1.807) is 0 Å². The van der Waals surface area contributed by atoms with Crippen LogP contribution in [-0.2, 0) is 0 Å². The van der Waals surface area contributed by atoms with E-state index >= 15 is 0 Å². The van der Waals surface area contributed by atoms with Crippen LogP contribution in [0, 0.1) is 0 Å². The Morgan fingerprint density at radius 2 is 0.615 bits per heavy atom. The fourth-order valence-electron chi connectivity index (χ4n) is 9.48. The van der Waals surface area contributed by atoms with E-state index in [4.69, 9.17) is 18.9 Å². The highest BCUT2D eigenvalue weighted by molar-refractivity contribution is 7.22. The third kappa shape index (κ3) is 3.45. The molecule has 8 aromatic carbocycles. The summed E-state index contributed by atoms with van der Waals surface area (Å²) in [6.45, 7) is 0. The molecule has 0 bridgehead atoms. The van der Waals surface area contributed by atoms with Crippen LogP contribution in [0.25, 0.3) is 10.8 Å². The van der Waals surface area contributed by atoms with E-state index in [9.17, 15) is 0 Å². The van der Waals surface area contributed by atoms with Gasteiger partial charge in [-0.3, -0.25) is 0 Å². The van der Waals surface area contributed by atoms with Crippen molar-refractivity contribution < 1.29 is 18.9 Å². The zero-order chi connectivity index (χ0) is 34.0. The number of para-hydroxylation sites is 2. The summed E-state index contributed by atoms with van der Waals surface area (Å²) >= 11 is 0. The molecule has 0 amide bonds. The Morgan fingerprint density at radius 1 is 0.269 bits per heavy atom. The van der Waals surface area contributed by atoms with Crippen molar-refractivity contribution >= 4 is 68.4 Å². The predicted molar refractivity (Wildman–Crippen MR) is 211 cm³/mol. The molecule has 0 aliphatic carbocycles. The SMILES string of the molecule is c1ccc([Si]23c4ccccc4Oc4cccc(c42)Oc2cc4cc5c(cc4cc23)Oc2cccc3c2[Si]5(c2ccccc2)c2ccccc2O3)cc1. The average Bonchev–Trinajstić information content (AvgIpc) is 3.20. The maximum absolute atomic E-state index is 6.96. The summed E-state index contributed by atoms with van der Waals surface area (Å²) in [5, 5.41) is 12.1. The molecular weight excluding hydrogens is 673 g/mol. The highest BCUT2D eigenvalue weighted by Crippen LogP contribution is 2.42. The van der Waals surface area contributed by atoms with Crippen molar-refractivity contribution in [2.45, 2.75) is 0 Å². The minimum absolute atomic E-state index is 0.864. The summed E-state index contributed by atoms with van der Waals surface area (Å²) in [5.41, 5.74) is 0. The van der Waals surface area contributed by atoms with E-state index in [1.807, 2.05) is 12.1 Å². The molecule has 4 nitrogen and oxygen atoms in total. The second-order valence-corrected chi connectivity index (χ2v) is 21.2. The lowest BCUT2D eigenvalue weighted by molar-refractivity contribution is 0.463. The van der Waals surface area contributed by atoms with E-state index < -0.39 is 16.1 Å². The molecule has 0 radical (unpaired) electrons. The Kier molecular flexibility index (Phi) is 5.53. The van der Waals surface area contributed by atoms with Gasteiger partial charge in [-0.2, -0.15) is 0 Å². The lowest BCUT2D eigenvalue weighted by atomic mass is 10.1. The number of ether oxygens (including phenoxy) is 4. The van der Waals surface area contributed by atoms with Gasteiger partial charge in [-0.1, -0.05) is 121 Å². The van der Waals surface area contributed by atoms with Crippen LogP contribution in [0.5, 0.6) is 46.0 Å². The van der Waals surface area contributed by atoms with Crippen LogP contribution in [0.15, 0.2) is 170 Å². The Hall–Kier alpha value is -6.35. The van der Waals surface area contributed by atoms with Crippen molar-refractivity contribution in [3.8, 4) is 46.0 Å². The van der Waals surface area contributed by atoms with Crippen LogP contribution in [0.3, 0.4) is 0 Å². The van der Waals surface area contributed by atoms with E-state index in [-0.39, 0.29) is 0 Å². The molecule has 0 aromatic heterocycles. The molecule has 4 aliphatic rings. The van der Waals surface area contributed by atoms with E-state index in [1.165, 1.54) is 31.1 Å². The van der Waals surface area contributed by atoms with Crippen LogP contribution < -0.4 is 60.4 Å². The highest BCUT2D eigenvalue weighted by atomic mass is 28.3. The number of hydrogen-bond donors (Lipinski definition) is 0. The lowest BCUT2D eigenvalue weighted by Crippen LogP contribution is -2.77. The van der Waals surface area contributed by atoms with Crippen molar-refractivity contribution in [2.75, 3.05) is 0 Å². The van der Waals surface area contributed by atoms with Crippen molar-refractivity contribution in [1.82, 2.24) is 0 Å². The first-order valence-electron chi connectivity index (χ1n) is 17.7. The molecule has 0 saturated heterocycles. The van der Waals surface area contributed by atoms with Gasteiger partial charge in [0, 0.05) is 10.4 Å². The number of fused-ring (bicyclic) bond motifs is 9. The fraction of sp³-hybridized carbons (Fsp3) is 0. The second-order valence-electron chi connectivity index (χ2n) is 13.9. The maximum Gasteiger partial charge on any atom is 0.197 e. The summed E-state index contributed by atoms with van der Waals surface area (Å²) in [6, 6.07) is 60.9. The number of hydrogen-bond acceptors (Lipinski definition) is 4. The quantitative estimate of drug-likeness (QED) is 0.207. The Morgan fingerprint density at radius 3 is 1.04 bits per heavy atom. The fourth-order valence-corrected chi connectivity index (χ4v) is 19.8. The standard InChI is InChI=1S/C46H28O4Si2/c1-3-13-31(14-4-1)51-41-23-9-7-17-33(41)47-35-19-11-21-37(45(35)51)49-39-25-30-28-44-40(26-29(30)27-43(39)51)50-38-22-12-20-36-46(38)52(44,32-15-5-2-6-16-32)42-24-10-8-18-34(42)48-36/h1-28H. The summed E-state index contributed by atoms with van der Waals surface area (Å²) in [7, 11) is -5.79. The second kappa shape index (κ2) is 10.1. The van der Waals surface area contributed by atoms with Gasteiger partial charge in [-0.15, -0.1) is 0 Å². The van der Waals surface area contributed by atoms with E-state index in [2.05, 4.69) is 158 Å². The van der Waals surface area contributed by atoms with Gasteiger partial charge in [0.15, 0.2) is 16.1 Å². The monoisotopic (exact) mass is 700 g/mol. The first-order valence-corrected chi connectivity index (χ1v) is 21.7. The molecule has 52 heavy (non-hydrogen) atoms. The summed E-state index contributed by atoms with van der Waals surface area (Å²) in [4.78, 5) is 0. The van der Waals surface area contributed by atoms with Gasteiger partial charge < -0.3 is 18.9 Å². The zero-order valence-electron chi connectivity index (χ0n) is 27.8. The molecule has 4 aliphatic heterocycles. The molecule has 2 unspecified atom stereocenters. The van der Waals surface area contributed by atoms with Gasteiger partial charge >= 0.3 is 0 Å². The zero-order valence-corrected chi connectivity index (χ0v) is 29.8. The van der Waals surface area contributed by atoms with Crippen LogP contribution in [0.1, 0.15) is 0 Å². The predicted octanol–water partition coefficient (Wildman–Crippen LogP) is 6.02. The molecule has 8 aromatic rings. The van der Waals surface area contributed by atoms with Gasteiger partial charge in [0.2, 0.25) is 0 Å².